The van der Waals surface area contributed by atoms with Crippen LogP contribution in [0.2, 0.25) is 5.02 Å². The van der Waals surface area contributed by atoms with Gasteiger partial charge in [0.2, 0.25) is 0 Å². The zero-order chi connectivity index (χ0) is 26.0. The molecule has 2 fully saturated rings. The predicted molar refractivity (Wildman–Crippen MR) is 153 cm³/mol. The van der Waals surface area contributed by atoms with Crippen molar-refractivity contribution in [1.29, 1.82) is 0 Å². The second kappa shape index (κ2) is 11.2. The van der Waals surface area contributed by atoms with Gasteiger partial charge in [-0.25, -0.2) is 8.42 Å². The second-order valence-electron chi connectivity index (χ2n) is 9.81. The molecule has 3 aliphatic heterocycles. The van der Waals surface area contributed by atoms with E-state index in [0.29, 0.717) is 12.1 Å². The second-order valence-corrected chi connectivity index (χ2v) is 13.6. The number of benzene rings is 2. The fraction of sp³-hybridized carbons (Fsp3) is 0.462. The van der Waals surface area contributed by atoms with Crippen LogP contribution in [0, 0.1) is 6.92 Å². The lowest BCUT2D eigenvalue weighted by Crippen LogP contribution is -2.47. The number of hydrogen-bond donors (Lipinski definition) is 2. The molecule has 0 saturated carbocycles. The van der Waals surface area contributed by atoms with Crippen LogP contribution < -0.4 is 15.5 Å². The van der Waals surface area contributed by atoms with Crippen LogP contribution in [0.25, 0.3) is 0 Å². The average molecular weight is 562 g/mol. The van der Waals surface area contributed by atoms with Crippen molar-refractivity contribution in [2.24, 2.45) is 4.99 Å². The molecule has 198 valence electrons. The third-order valence-corrected chi connectivity index (χ3v) is 10.4. The molecule has 2 N–H and O–H groups in total. The zero-order valence-corrected chi connectivity index (χ0v) is 23.2. The van der Waals surface area contributed by atoms with Crippen molar-refractivity contribution in [2.75, 3.05) is 61.0 Å². The van der Waals surface area contributed by atoms with Crippen LogP contribution in [0.4, 0.5) is 11.4 Å². The number of anilines is 2. The Morgan fingerprint density at radius 3 is 2.59 bits per heavy atom. The molecule has 3 aliphatic rings. The van der Waals surface area contributed by atoms with Gasteiger partial charge in [0.1, 0.15) is 0 Å². The molecule has 2 atom stereocenters. The minimum absolute atomic E-state index is 0.00795. The maximum Gasteiger partial charge on any atom is 0.251 e. The normalized spacial score (nSPS) is 23.0. The van der Waals surface area contributed by atoms with E-state index in [2.05, 4.69) is 38.4 Å². The first kappa shape index (κ1) is 26.3. The van der Waals surface area contributed by atoms with E-state index < -0.39 is 9.84 Å². The van der Waals surface area contributed by atoms with Gasteiger partial charge in [-0.3, -0.25) is 14.7 Å². The van der Waals surface area contributed by atoms with Crippen LogP contribution in [0.5, 0.6) is 0 Å². The van der Waals surface area contributed by atoms with Crippen molar-refractivity contribution in [3.63, 3.8) is 0 Å². The summed E-state index contributed by atoms with van der Waals surface area (Å²) >= 11 is 7.67. The smallest absolute Gasteiger partial charge is 0.251 e. The molecule has 2 aromatic carbocycles. The minimum Gasteiger partial charge on any atom is -0.369 e. The first-order valence-electron chi connectivity index (χ1n) is 12.6. The molecule has 0 spiro atoms. The van der Waals surface area contributed by atoms with Crippen LogP contribution in [0.3, 0.4) is 0 Å². The lowest BCUT2D eigenvalue weighted by molar-refractivity contribution is 0.0951. The Balaban J connectivity index is 1.01. The number of aryl methyl sites for hydroxylation is 1. The summed E-state index contributed by atoms with van der Waals surface area (Å²) in [6.45, 7) is 7.64. The van der Waals surface area contributed by atoms with Crippen molar-refractivity contribution in [1.82, 2.24) is 10.2 Å². The summed E-state index contributed by atoms with van der Waals surface area (Å²) in [5, 5.41) is 7.78. The molecule has 3 heterocycles. The van der Waals surface area contributed by atoms with Gasteiger partial charge in [-0.05, 0) is 61.9 Å². The summed E-state index contributed by atoms with van der Waals surface area (Å²) in [6, 6.07) is 13.2. The molecule has 0 radical (unpaired) electrons. The summed E-state index contributed by atoms with van der Waals surface area (Å²) in [6.07, 6.45) is 0.899. The van der Waals surface area contributed by atoms with E-state index in [4.69, 9.17) is 11.6 Å². The van der Waals surface area contributed by atoms with E-state index in [9.17, 15) is 13.2 Å². The molecule has 0 unspecified atom stereocenters. The maximum absolute atomic E-state index is 12.6. The highest BCUT2D eigenvalue weighted by atomic mass is 35.5. The van der Waals surface area contributed by atoms with Crippen LogP contribution >= 0.6 is 23.4 Å². The lowest BCUT2D eigenvalue weighted by atomic mass is 10.1. The van der Waals surface area contributed by atoms with Crippen molar-refractivity contribution in [3.05, 3.63) is 58.6 Å². The largest absolute Gasteiger partial charge is 0.369 e. The number of amidine groups is 1. The number of aliphatic imine (C=N–C) groups is 1. The molecule has 2 aromatic rings. The molecule has 0 aliphatic carbocycles. The fourth-order valence-corrected chi connectivity index (χ4v) is 8.83. The van der Waals surface area contributed by atoms with Gasteiger partial charge in [0.25, 0.3) is 5.91 Å². The number of nitrogens with zero attached hydrogens (tertiary/aromatic N) is 3. The van der Waals surface area contributed by atoms with E-state index in [-0.39, 0.29) is 28.7 Å². The van der Waals surface area contributed by atoms with E-state index in [1.165, 1.54) is 23.0 Å². The van der Waals surface area contributed by atoms with Gasteiger partial charge in [0, 0.05) is 59.9 Å². The van der Waals surface area contributed by atoms with E-state index in [1.54, 1.807) is 12.1 Å². The van der Waals surface area contributed by atoms with Crippen molar-refractivity contribution >= 4 is 55.6 Å². The average Bonchev–Trinajstić information content (AvgIpc) is 3.36. The number of amides is 1. The van der Waals surface area contributed by atoms with Gasteiger partial charge >= 0.3 is 0 Å². The topological polar surface area (TPSA) is 94.1 Å². The molecule has 0 aromatic heterocycles. The number of carbonyl (C=O) groups excluding carboxylic acids is 1. The lowest BCUT2D eigenvalue weighted by Gasteiger charge is -2.37. The number of carbonyl (C=O) groups is 1. The molecule has 37 heavy (non-hydrogen) atoms. The summed E-state index contributed by atoms with van der Waals surface area (Å²) in [7, 11) is -2.96. The number of hydrogen-bond acceptors (Lipinski definition) is 8. The monoisotopic (exact) mass is 561 g/mol. The Labute approximate surface area is 227 Å². The van der Waals surface area contributed by atoms with Gasteiger partial charge in [-0.1, -0.05) is 29.4 Å². The first-order valence-corrected chi connectivity index (χ1v) is 15.7. The van der Waals surface area contributed by atoms with E-state index in [0.717, 1.165) is 55.0 Å². The zero-order valence-electron chi connectivity index (χ0n) is 20.8. The molecule has 5 rings (SSSR count). The van der Waals surface area contributed by atoms with Gasteiger partial charge < -0.3 is 15.5 Å². The number of thioether (sulfide) groups is 1. The van der Waals surface area contributed by atoms with Crippen LogP contribution in [0.15, 0.2) is 47.5 Å². The van der Waals surface area contributed by atoms with Crippen molar-refractivity contribution < 1.29 is 13.2 Å². The van der Waals surface area contributed by atoms with E-state index in [1.807, 2.05) is 24.3 Å². The molecule has 1 amide bonds. The van der Waals surface area contributed by atoms with Crippen LogP contribution in [0.1, 0.15) is 22.3 Å². The van der Waals surface area contributed by atoms with Gasteiger partial charge in [-0.2, -0.15) is 0 Å². The molecule has 11 heteroatoms. The number of fused-ring (bicyclic) bond motifs is 1. The third kappa shape index (κ3) is 6.60. The minimum atomic E-state index is -2.96. The Bertz CT molecular complexity index is 1280. The van der Waals surface area contributed by atoms with Gasteiger partial charge in [0.15, 0.2) is 15.0 Å². The molecule has 8 nitrogen and oxygen atoms in total. The standard InChI is InChI=1S/C26H32ClN5O3S2/c1-18-3-6-20(27)15-23(18)32-13-11-31(12-14-32)10-2-9-28-25(33)19-4-7-21(8-5-19)29-26-30-22-16-37(34,35)17-24(22)36-26/h3-8,15,22,24H,2,9-14,16-17H2,1H3,(H,28,33)(H,29,30)/t22-,24-/m0/s1. The summed E-state index contributed by atoms with van der Waals surface area (Å²) < 4.78 is 23.4. The number of piperazine rings is 1. The Morgan fingerprint density at radius 1 is 1.11 bits per heavy atom. The number of halogens is 1. The molecule has 2 saturated heterocycles. The Hall–Kier alpha value is -2.27. The van der Waals surface area contributed by atoms with Crippen LogP contribution in [-0.4, -0.2) is 86.5 Å². The Kier molecular flexibility index (Phi) is 7.99. The summed E-state index contributed by atoms with van der Waals surface area (Å²) in [4.78, 5) is 21.9. The summed E-state index contributed by atoms with van der Waals surface area (Å²) in [5.74, 6) is 0.239. The SMILES string of the molecule is Cc1ccc(Cl)cc1N1CCN(CCCNC(=O)c2ccc(NC3=N[C@H]4CS(=O)(=O)C[C@@H]4S3)cc2)CC1. The van der Waals surface area contributed by atoms with E-state index >= 15 is 0 Å². The van der Waals surface area contributed by atoms with Crippen molar-refractivity contribution in [2.45, 2.75) is 24.6 Å². The molecular formula is C26H32ClN5O3S2. The predicted octanol–water partition coefficient (Wildman–Crippen LogP) is 3.27. The van der Waals surface area contributed by atoms with Crippen LogP contribution in [-0.2, 0) is 9.84 Å². The van der Waals surface area contributed by atoms with Gasteiger partial charge in [0.05, 0.1) is 17.5 Å². The highest BCUT2D eigenvalue weighted by molar-refractivity contribution is 8.15. The first-order chi connectivity index (χ1) is 17.8. The maximum atomic E-state index is 12.6. The number of sulfone groups is 1. The summed E-state index contributed by atoms with van der Waals surface area (Å²) in [5.41, 5.74) is 3.90. The highest BCUT2D eigenvalue weighted by Gasteiger charge is 2.42. The van der Waals surface area contributed by atoms with Gasteiger partial charge in [-0.15, -0.1) is 0 Å². The fourth-order valence-electron chi connectivity index (χ4n) is 4.99. The highest BCUT2D eigenvalue weighted by Crippen LogP contribution is 2.34. The molecule has 0 bridgehead atoms. The quantitative estimate of drug-likeness (QED) is 0.501. The third-order valence-electron chi connectivity index (χ3n) is 7.04. The number of rotatable bonds is 7. The molecular weight excluding hydrogens is 530 g/mol. The number of nitrogens with one attached hydrogen (secondary N) is 2. The van der Waals surface area contributed by atoms with Crippen molar-refractivity contribution in [3.8, 4) is 0 Å². The Morgan fingerprint density at radius 2 is 1.86 bits per heavy atom.